The van der Waals surface area contributed by atoms with E-state index in [2.05, 4.69) is 6.92 Å². The first kappa shape index (κ1) is 17.0. The molecule has 1 aliphatic carbocycles. The number of hydrogen-bond donors (Lipinski definition) is 2. The Morgan fingerprint density at radius 1 is 1.21 bits per heavy atom. The summed E-state index contributed by atoms with van der Waals surface area (Å²) >= 11 is 0. The third kappa shape index (κ3) is 2.19. The molecule has 0 unspecified atom stereocenters. The molecule has 6 heteroatoms. The van der Waals surface area contributed by atoms with Crippen LogP contribution in [0.4, 0.5) is 0 Å². The molecule has 6 nitrogen and oxygen atoms in total. The van der Waals surface area contributed by atoms with Gasteiger partial charge >= 0.3 is 0 Å². The zero-order valence-corrected chi connectivity index (χ0v) is 14.5. The highest BCUT2D eigenvalue weighted by Crippen LogP contribution is 2.55. The average Bonchev–Trinajstić information content (AvgIpc) is 2.53. The van der Waals surface area contributed by atoms with Crippen LogP contribution in [-0.2, 0) is 19.1 Å². The van der Waals surface area contributed by atoms with Gasteiger partial charge in [-0.05, 0) is 33.1 Å². The summed E-state index contributed by atoms with van der Waals surface area (Å²) in [5.41, 5.74) is -1.36. The minimum atomic E-state index is -1.43. The maximum atomic E-state index is 12.6. The minimum Gasteiger partial charge on any atom is -0.502 e. The van der Waals surface area contributed by atoms with E-state index < -0.39 is 34.8 Å². The summed E-state index contributed by atoms with van der Waals surface area (Å²) in [6.45, 7) is 7.26. The summed E-state index contributed by atoms with van der Waals surface area (Å²) < 4.78 is 11.6. The number of unbranched alkanes of at least 4 members (excludes halogenated alkanes) is 1. The second-order valence-corrected chi connectivity index (χ2v) is 7.52. The highest BCUT2D eigenvalue weighted by atomic mass is 16.5. The Morgan fingerprint density at radius 3 is 2.50 bits per heavy atom. The van der Waals surface area contributed by atoms with Crippen LogP contribution in [-0.4, -0.2) is 39.6 Å². The molecule has 0 fully saturated rings. The van der Waals surface area contributed by atoms with Crippen LogP contribution in [0.5, 0.6) is 0 Å². The van der Waals surface area contributed by atoms with E-state index in [0.29, 0.717) is 18.4 Å². The van der Waals surface area contributed by atoms with Crippen molar-refractivity contribution in [3.8, 4) is 0 Å². The zero-order valence-electron chi connectivity index (χ0n) is 14.5. The van der Waals surface area contributed by atoms with Gasteiger partial charge in [0.05, 0.1) is 5.57 Å². The van der Waals surface area contributed by atoms with Crippen LogP contribution in [0.2, 0.25) is 0 Å². The molecular weight excluding hydrogens is 312 g/mol. The predicted molar refractivity (Wildman–Crippen MR) is 85.0 cm³/mol. The predicted octanol–water partition coefficient (Wildman–Crippen LogP) is 2.32. The molecule has 3 rings (SSSR count). The van der Waals surface area contributed by atoms with Gasteiger partial charge < -0.3 is 19.7 Å². The summed E-state index contributed by atoms with van der Waals surface area (Å²) in [4.78, 5) is 24.9. The fourth-order valence-corrected chi connectivity index (χ4v) is 4.10. The van der Waals surface area contributed by atoms with Crippen molar-refractivity contribution in [1.82, 2.24) is 0 Å². The van der Waals surface area contributed by atoms with Gasteiger partial charge in [-0.3, -0.25) is 9.59 Å². The van der Waals surface area contributed by atoms with Crippen molar-refractivity contribution >= 4 is 11.6 Å². The Kier molecular flexibility index (Phi) is 3.79. The number of rotatable bonds is 3. The van der Waals surface area contributed by atoms with Crippen LogP contribution >= 0.6 is 0 Å². The highest BCUT2D eigenvalue weighted by Gasteiger charge is 2.60. The average molecular weight is 336 g/mol. The van der Waals surface area contributed by atoms with Crippen LogP contribution in [0.25, 0.3) is 0 Å². The Balaban J connectivity index is 2.21. The lowest BCUT2D eigenvalue weighted by molar-refractivity contribution is -0.152. The lowest BCUT2D eigenvalue weighted by Crippen LogP contribution is -2.56. The van der Waals surface area contributed by atoms with Crippen molar-refractivity contribution in [2.45, 2.75) is 71.2 Å². The van der Waals surface area contributed by atoms with Crippen LogP contribution in [0.1, 0.15) is 53.4 Å². The molecule has 0 spiro atoms. The quantitative estimate of drug-likeness (QED) is 0.821. The lowest BCUT2D eigenvalue weighted by Gasteiger charge is -2.51. The Bertz CT molecular complexity index is 675. The Hall–Kier alpha value is -1.82. The topological polar surface area (TPSA) is 93.1 Å². The standard InChI is InChI=1S/C18H24O6/c1-5-6-7-17(3)8-18(4)10-14(12(20)13(21)16(18)22)23-9(2)11(19)15(10)24-17/h9,16,20,22H,5-8H2,1-4H3/t9-,16-,17-,18-/m1/s1. The van der Waals surface area contributed by atoms with E-state index >= 15 is 0 Å². The number of aliphatic hydroxyl groups excluding tert-OH is 2. The van der Waals surface area contributed by atoms with Crippen molar-refractivity contribution in [3.63, 3.8) is 0 Å². The monoisotopic (exact) mass is 336 g/mol. The Labute approximate surface area is 141 Å². The van der Waals surface area contributed by atoms with Gasteiger partial charge in [-0.1, -0.05) is 20.3 Å². The molecule has 24 heavy (non-hydrogen) atoms. The number of allylic oxidation sites excluding steroid dienone is 1. The van der Waals surface area contributed by atoms with Gasteiger partial charge in [-0.2, -0.15) is 0 Å². The van der Waals surface area contributed by atoms with Crippen LogP contribution in [0.3, 0.4) is 0 Å². The second-order valence-electron chi connectivity index (χ2n) is 7.52. The number of aliphatic hydroxyl groups is 2. The van der Waals surface area contributed by atoms with E-state index in [0.717, 1.165) is 12.8 Å². The molecule has 0 aromatic rings. The number of carbonyl (C=O) groups is 2. The number of hydrogen-bond acceptors (Lipinski definition) is 6. The first-order valence-electron chi connectivity index (χ1n) is 8.45. The molecule has 3 aliphatic rings. The third-order valence-corrected chi connectivity index (χ3v) is 5.36. The summed E-state index contributed by atoms with van der Waals surface area (Å²) in [6.07, 6.45) is 0.691. The smallest absolute Gasteiger partial charge is 0.237 e. The van der Waals surface area contributed by atoms with Crippen molar-refractivity contribution in [1.29, 1.82) is 0 Å². The number of carbonyl (C=O) groups excluding carboxylic acids is 2. The maximum Gasteiger partial charge on any atom is 0.237 e. The van der Waals surface area contributed by atoms with Crippen molar-refractivity contribution < 1.29 is 29.3 Å². The van der Waals surface area contributed by atoms with E-state index in [1.54, 1.807) is 13.8 Å². The summed E-state index contributed by atoms with van der Waals surface area (Å²) in [7, 11) is 0. The van der Waals surface area contributed by atoms with Crippen LogP contribution in [0, 0.1) is 5.41 Å². The van der Waals surface area contributed by atoms with Crippen LogP contribution in [0.15, 0.2) is 22.9 Å². The van der Waals surface area contributed by atoms with Gasteiger partial charge in [0.1, 0.15) is 11.7 Å². The Morgan fingerprint density at radius 2 is 1.88 bits per heavy atom. The molecule has 0 aromatic heterocycles. The van der Waals surface area contributed by atoms with Gasteiger partial charge in [0.15, 0.2) is 17.6 Å². The largest absolute Gasteiger partial charge is 0.502 e. The fourth-order valence-electron chi connectivity index (χ4n) is 4.10. The molecule has 0 aromatic carbocycles. The van der Waals surface area contributed by atoms with E-state index in [1.165, 1.54) is 0 Å². The zero-order chi connectivity index (χ0) is 17.9. The fraction of sp³-hybridized carbons (Fsp3) is 0.667. The van der Waals surface area contributed by atoms with Gasteiger partial charge in [-0.15, -0.1) is 0 Å². The molecule has 132 valence electrons. The molecule has 2 aliphatic heterocycles. The summed E-state index contributed by atoms with van der Waals surface area (Å²) in [5, 5.41) is 20.7. The van der Waals surface area contributed by atoms with Gasteiger partial charge in [0, 0.05) is 5.41 Å². The normalized spacial score (nSPS) is 38.7. The van der Waals surface area contributed by atoms with Gasteiger partial charge in [0.25, 0.3) is 0 Å². The second kappa shape index (κ2) is 5.34. The van der Waals surface area contributed by atoms with E-state index in [-0.39, 0.29) is 17.3 Å². The number of Topliss-reactive ketones (excluding diaryl/α,β-unsaturated/α-hetero) is 2. The molecular formula is C18H24O6. The van der Waals surface area contributed by atoms with Crippen LogP contribution < -0.4 is 0 Å². The third-order valence-electron chi connectivity index (χ3n) is 5.36. The van der Waals surface area contributed by atoms with Crippen molar-refractivity contribution in [3.05, 3.63) is 22.9 Å². The molecule has 0 bridgehead atoms. The van der Waals surface area contributed by atoms with E-state index in [1.807, 2.05) is 6.92 Å². The lowest BCUT2D eigenvalue weighted by atomic mass is 9.62. The molecule has 2 N–H and O–H groups in total. The molecule has 0 amide bonds. The van der Waals surface area contributed by atoms with E-state index in [9.17, 15) is 19.8 Å². The minimum absolute atomic E-state index is 0.0209. The first-order chi connectivity index (χ1) is 11.1. The molecule has 2 heterocycles. The first-order valence-corrected chi connectivity index (χ1v) is 8.45. The summed E-state index contributed by atoms with van der Waals surface area (Å²) in [6, 6.07) is 0. The van der Waals surface area contributed by atoms with E-state index in [4.69, 9.17) is 9.47 Å². The molecule has 0 saturated heterocycles. The molecule has 0 radical (unpaired) electrons. The molecule has 4 atom stereocenters. The SMILES string of the molecule is CCCC[C@]1(C)C[C@]2(C)C3=C(O1)C(=O)[C@@H](C)OC3=C(O)C(=O)[C@H]2O. The number of ketones is 2. The summed E-state index contributed by atoms with van der Waals surface area (Å²) in [5.74, 6) is -1.62. The van der Waals surface area contributed by atoms with Gasteiger partial charge in [0.2, 0.25) is 17.3 Å². The highest BCUT2D eigenvalue weighted by molar-refractivity contribution is 6.05. The number of ether oxygens (including phenoxy) is 2. The molecule has 0 saturated carbocycles. The van der Waals surface area contributed by atoms with Crippen molar-refractivity contribution in [2.24, 2.45) is 5.41 Å². The van der Waals surface area contributed by atoms with Gasteiger partial charge in [-0.25, -0.2) is 0 Å². The maximum absolute atomic E-state index is 12.6. The van der Waals surface area contributed by atoms with Crippen molar-refractivity contribution in [2.75, 3.05) is 0 Å².